The number of anilines is 2. The normalized spacial score (nSPS) is 19.1. The van der Waals surface area contributed by atoms with Crippen LogP contribution in [0.1, 0.15) is 23.3 Å². The zero-order valence-corrected chi connectivity index (χ0v) is 24.1. The van der Waals surface area contributed by atoms with Crippen LogP contribution in [0.3, 0.4) is 0 Å². The largest absolute Gasteiger partial charge is 0.490 e. The van der Waals surface area contributed by atoms with E-state index >= 15 is 0 Å². The standard InChI is InChI=1S/C30H23F2N3O6S2/c1-2-40-21-13-15(3-12-20(21)41-14-22(36)33-18-8-4-16(31)5-9-18)23-24-26(42-27-25(23)43-30(39)34-27)29(38)35(28(24)37)19-10-6-17(32)7-11-19/h3-13,23-24,26H,2,14H2,1H3,(H,33,36)(H,34,39). The van der Waals surface area contributed by atoms with Crippen LogP contribution in [0.25, 0.3) is 0 Å². The van der Waals surface area contributed by atoms with Gasteiger partial charge in [0.25, 0.3) is 5.91 Å². The molecule has 9 nitrogen and oxygen atoms in total. The number of hydrogen-bond acceptors (Lipinski definition) is 8. The van der Waals surface area contributed by atoms with Crippen molar-refractivity contribution < 1.29 is 32.6 Å². The van der Waals surface area contributed by atoms with Gasteiger partial charge in [-0.3, -0.25) is 19.2 Å². The molecule has 3 aromatic carbocycles. The second-order valence-electron chi connectivity index (χ2n) is 9.72. The molecule has 3 amide bonds. The number of halogens is 2. The van der Waals surface area contributed by atoms with Gasteiger partial charge in [0.1, 0.15) is 16.9 Å². The van der Waals surface area contributed by atoms with Gasteiger partial charge >= 0.3 is 4.87 Å². The molecule has 6 rings (SSSR count). The molecule has 43 heavy (non-hydrogen) atoms. The molecule has 2 aliphatic rings. The molecule has 0 saturated carbocycles. The third-order valence-corrected chi connectivity index (χ3v) is 9.42. The summed E-state index contributed by atoms with van der Waals surface area (Å²) in [6.45, 7) is 1.69. The van der Waals surface area contributed by atoms with Gasteiger partial charge in [-0.05, 0) is 73.2 Å². The van der Waals surface area contributed by atoms with Gasteiger partial charge in [0.15, 0.2) is 18.1 Å². The lowest BCUT2D eigenvalue weighted by Gasteiger charge is -2.30. The van der Waals surface area contributed by atoms with Gasteiger partial charge in [-0.15, -0.1) is 0 Å². The van der Waals surface area contributed by atoms with Crippen LogP contribution >= 0.6 is 23.1 Å². The molecule has 0 bridgehead atoms. The van der Waals surface area contributed by atoms with E-state index in [2.05, 4.69) is 10.3 Å². The van der Waals surface area contributed by atoms with Crippen molar-refractivity contribution in [3.05, 3.63) is 98.5 Å². The molecule has 0 spiro atoms. The number of thiazole rings is 1. The van der Waals surface area contributed by atoms with E-state index in [0.29, 0.717) is 26.9 Å². The van der Waals surface area contributed by atoms with Gasteiger partial charge in [0.2, 0.25) is 11.8 Å². The minimum absolute atomic E-state index is 0.264. The number of benzene rings is 3. The molecule has 2 N–H and O–H groups in total. The number of ether oxygens (including phenoxy) is 2. The Morgan fingerprint density at radius 3 is 2.33 bits per heavy atom. The van der Waals surface area contributed by atoms with Crippen LogP contribution in [0.15, 0.2) is 76.6 Å². The maximum Gasteiger partial charge on any atom is 0.305 e. The number of imide groups is 1. The van der Waals surface area contributed by atoms with Crippen molar-refractivity contribution in [1.82, 2.24) is 4.98 Å². The quantitative estimate of drug-likeness (QED) is 0.268. The summed E-state index contributed by atoms with van der Waals surface area (Å²) < 4.78 is 38.3. The molecule has 1 aromatic heterocycles. The van der Waals surface area contributed by atoms with Crippen molar-refractivity contribution in [1.29, 1.82) is 0 Å². The van der Waals surface area contributed by atoms with Gasteiger partial charge in [-0.1, -0.05) is 29.2 Å². The molecular formula is C30H23F2N3O6S2. The van der Waals surface area contributed by atoms with E-state index < -0.39 is 46.4 Å². The Kier molecular flexibility index (Phi) is 7.75. The van der Waals surface area contributed by atoms with Crippen LogP contribution in [0, 0.1) is 17.6 Å². The Morgan fingerprint density at radius 1 is 0.930 bits per heavy atom. The van der Waals surface area contributed by atoms with Crippen LogP contribution in [-0.4, -0.2) is 41.2 Å². The summed E-state index contributed by atoms with van der Waals surface area (Å²) in [7, 11) is 0. The van der Waals surface area contributed by atoms with Crippen LogP contribution in [0.4, 0.5) is 20.2 Å². The van der Waals surface area contributed by atoms with Crippen molar-refractivity contribution in [2.24, 2.45) is 5.92 Å². The third-order valence-electron chi connectivity index (χ3n) is 7.02. The lowest BCUT2D eigenvalue weighted by molar-refractivity contribution is -0.122. The van der Waals surface area contributed by atoms with Gasteiger partial charge in [-0.2, -0.15) is 0 Å². The van der Waals surface area contributed by atoms with Crippen molar-refractivity contribution in [2.75, 3.05) is 23.4 Å². The number of carbonyl (C=O) groups is 3. The summed E-state index contributed by atoms with van der Waals surface area (Å²) in [6, 6.07) is 15.4. The Labute approximate surface area is 251 Å². The topological polar surface area (TPSA) is 118 Å². The molecule has 1 fully saturated rings. The van der Waals surface area contributed by atoms with Crippen molar-refractivity contribution in [3.63, 3.8) is 0 Å². The second-order valence-corrected chi connectivity index (χ2v) is 11.9. The number of nitrogens with zero attached hydrogens (tertiary/aromatic N) is 1. The number of H-pyrrole nitrogens is 1. The van der Waals surface area contributed by atoms with Crippen molar-refractivity contribution in [2.45, 2.75) is 23.1 Å². The SMILES string of the molecule is CCOc1cc(C2c3sc(=O)[nH]c3SC3C(=O)N(c4ccc(F)cc4)C(=O)C32)ccc1OCC(=O)Nc1ccc(F)cc1. The average Bonchev–Trinajstić information content (AvgIpc) is 3.48. The number of thioether (sulfide) groups is 1. The summed E-state index contributed by atoms with van der Waals surface area (Å²) in [6.07, 6.45) is 0. The van der Waals surface area contributed by atoms with Gasteiger partial charge < -0.3 is 19.8 Å². The molecule has 2 aliphatic heterocycles. The maximum atomic E-state index is 13.9. The number of hydrogen-bond donors (Lipinski definition) is 2. The minimum atomic E-state index is -0.843. The highest BCUT2D eigenvalue weighted by atomic mass is 32.2. The zero-order chi connectivity index (χ0) is 30.2. The Hall–Kier alpha value is -4.49. The van der Waals surface area contributed by atoms with Crippen molar-refractivity contribution in [3.8, 4) is 11.5 Å². The molecule has 0 aliphatic carbocycles. The highest BCUT2D eigenvalue weighted by Crippen LogP contribution is 2.53. The second kappa shape index (κ2) is 11.7. The lowest BCUT2D eigenvalue weighted by Crippen LogP contribution is -2.32. The zero-order valence-electron chi connectivity index (χ0n) is 22.5. The smallest absolute Gasteiger partial charge is 0.305 e. The van der Waals surface area contributed by atoms with E-state index in [4.69, 9.17) is 9.47 Å². The Bertz CT molecular complexity index is 1770. The van der Waals surface area contributed by atoms with Crippen LogP contribution in [-0.2, 0) is 14.4 Å². The molecule has 13 heteroatoms. The van der Waals surface area contributed by atoms with Crippen molar-refractivity contribution >= 4 is 52.2 Å². The molecule has 4 aromatic rings. The highest BCUT2D eigenvalue weighted by Gasteiger charge is 2.56. The number of fused-ring (bicyclic) bond motifs is 2. The first-order chi connectivity index (χ1) is 20.7. The number of rotatable bonds is 8. The van der Waals surface area contributed by atoms with Crippen LogP contribution in [0.2, 0.25) is 0 Å². The predicted molar refractivity (Wildman–Crippen MR) is 157 cm³/mol. The number of nitrogens with one attached hydrogen (secondary N) is 2. The molecule has 1 saturated heterocycles. The number of aromatic nitrogens is 1. The summed E-state index contributed by atoms with van der Waals surface area (Å²) in [5, 5.41) is 2.32. The third kappa shape index (κ3) is 5.53. The molecular weight excluding hydrogens is 600 g/mol. The molecule has 3 atom stereocenters. The fraction of sp³-hybridized carbons (Fsp3) is 0.200. The molecule has 0 radical (unpaired) electrons. The van der Waals surface area contributed by atoms with Gasteiger partial charge in [-0.25, -0.2) is 13.7 Å². The van der Waals surface area contributed by atoms with Crippen LogP contribution in [0.5, 0.6) is 11.5 Å². The van der Waals surface area contributed by atoms with E-state index in [0.717, 1.165) is 28.0 Å². The highest BCUT2D eigenvalue weighted by molar-refractivity contribution is 8.00. The Morgan fingerprint density at radius 2 is 1.63 bits per heavy atom. The maximum absolute atomic E-state index is 13.9. The molecule has 220 valence electrons. The lowest BCUT2D eigenvalue weighted by atomic mass is 9.83. The molecule has 3 unspecified atom stereocenters. The van der Waals surface area contributed by atoms with E-state index in [-0.39, 0.29) is 29.5 Å². The van der Waals surface area contributed by atoms with Gasteiger partial charge in [0, 0.05) is 16.5 Å². The Balaban J connectivity index is 1.31. The summed E-state index contributed by atoms with van der Waals surface area (Å²) in [5.74, 6) is -3.23. The number of amides is 3. The number of carbonyl (C=O) groups excluding carboxylic acids is 3. The minimum Gasteiger partial charge on any atom is -0.490 e. The fourth-order valence-electron chi connectivity index (χ4n) is 5.20. The molecule has 3 heterocycles. The van der Waals surface area contributed by atoms with Crippen LogP contribution < -0.4 is 24.6 Å². The first-order valence-electron chi connectivity index (χ1n) is 13.2. The summed E-state index contributed by atoms with van der Waals surface area (Å²) >= 11 is 2.11. The van der Waals surface area contributed by atoms with E-state index in [1.54, 1.807) is 25.1 Å². The summed E-state index contributed by atoms with van der Waals surface area (Å²) in [4.78, 5) is 56.4. The summed E-state index contributed by atoms with van der Waals surface area (Å²) in [5.41, 5.74) is 1.28. The average molecular weight is 624 g/mol. The fourth-order valence-corrected chi connectivity index (χ4v) is 7.72. The van der Waals surface area contributed by atoms with E-state index in [1.807, 2.05) is 0 Å². The van der Waals surface area contributed by atoms with Gasteiger partial charge in [0.05, 0.1) is 23.2 Å². The van der Waals surface area contributed by atoms with E-state index in [9.17, 15) is 28.0 Å². The first kappa shape index (κ1) is 28.6. The number of aromatic amines is 1. The van der Waals surface area contributed by atoms with E-state index in [1.165, 1.54) is 48.5 Å². The predicted octanol–water partition coefficient (Wildman–Crippen LogP) is 4.93. The first-order valence-corrected chi connectivity index (χ1v) is 14.9. The monoisotopic (exact) mass is 623 g/mol.